The van der Waals surface area contributed by atoms with Gasteiger partial charge in [0.2, 0.25) is 0 Å². The monoisotopic (exact) mass is 197 g/mol. The summed E-state index contributed by atoms with van der Waals surface area (Å²) in [5, 5.41) is 0. The first-order chi connectivity index (χ1) is 6.58. The summed E-state index contributed by atoms with van der Waals surface area (Å²) in [6.45, 7) is 11.0. The van der Waals surface area contributed by atoms with Crippen LogP contribution in [0.15, 0.2) is 0 Å². The Balaban J connectivity index is 2.20. The molecule has 1 heteroatoms. The molecule has 1 nitrogen and oxygen atoms in total. The molecule has 0 amide bonds. The first-order valence-electron chi connectivity index (χ1n) is 6.30. The molecule has 1 heterocycles. The van der Waals surface area contributed by atoms with Crippen molar-refractivity contribution >= 4 is 0 Å². The van der Waals surface area contributed by atoms with Crippen molar-refractivity contribution in [2.45, 2.75) is 59.3 Å². The van der Waals surface area contributed by atoms with Crippen molar-refractivity contribution in [2.24, 2.45) is 5.41 Å². The molecule has 0 bridgehead atoms. The van der Waals surface area contributed by atoms with Crippen LogP contribution in [0.2, 0.25) is 0 Å². The number of rotatable bonds is 2. The van der Waals surface area contributed by atoms with Crippen molar-refractivity contribution in [2.75, 3.05) is 19.6 Å². The zero-order chi connectivity index (χ0) is 10.4. The van der Waals surface area contributed by atoms with E-state index in [0.29, 0.717) is 5.41 Å². The largest absolute Gasteiger partial charge is 0.303 e. The van der Waals surface area contributed by atoms with Crippen LogP contribution in [0.5, 0.6) is 0 Å². The summed E-state index contributed by atoms with van der Waals surface area (Å²) in [5.41, 5.74) is 0.502. The number of nitrogens with zero attached hydrogens (tertiary/aromatic N) is 1. The molecule has 0 N–H and O–H groups in total. The zero-order valence-electron chi connectivity index (χ0n) is 10.3. The molecule has 0 aromatic heterocycles. The standard InChI is InChI=1S/C13H27N/c1-13(2,3)9-12-14-10-7-5-4-6-8-11-14/h4-12H2,1-3H3. The maximum atomic E-state index is 2.67. The summed E-state index contributed by atoms with van der Waals surface area (Å²) in [6.07, 6.45) is 8.55. The van der Waals surface area contributed by atoms with E-state index in [-0.39, 0.29) is 0 Å². The third-order valence-electron chi connectivity index (χ3n) is 3.13. The lowest BCUT2D eigenvalue weighted by molar-refractivity contribution is 0.211. The Labute approximate surface area is 89.9 Å². The van der Waals surface area contributed by atoms with Crippen molar-refractivity contribution in [3.63, 3.8) is 0 Å². The first kappa shape index (κ1) is 12.0. The number of likely N-dealkylation sites (tertiary alicyclic amines) is 1. The Morgan fingerprint density at radius 3 is 1.86 bits per heavy atom. The van der Waals surface area contributed by atoms with Gasteiger partial charge in [0.05, 0.1) is 0 Å². The minimum absolute atomic E-state index is 0.502. The van der Waals surface area contributed by atoms with Gasteiger partial charge in [-0.05, 0) is 44.3 Å². The van der Waals surface area contributed by atoms with Crippen LogP contribution < -0.4 is 0 Å². The SMILES string of the molecule is CC(C)(C)CCN1CCCCCCC1. The lowest BCUT2D eigenvalue weighted by atomic mass is 9.92. The summed E-state index contributed by atoms with van der Waals surface area (Å²) in [5.74, 6) is 0. The van der Waals surface area contributed by atoms with Gasteiger partial charge in [-0.2, -0.15) is 0 Å². The van der Waals surface area contributed by atoms with Gasteiger partial charge in [-0.1, -0.05) is 40.0 Å². The van der Waals surface area contributed by atoms with E-state index in [1.54, 1.807) is 0 Å². The average Bonchev–Trinajstić information content (AvgIpc) is 2.00. The van der Waals surface area contributed by atoms with Crippen LogP contribution in [-0.4, -0.2) is 24.5 Å². The Kier molecular flexibility index (Phi) is 4.94. The predicted molar refractivity (Wildman–Crippen MR) is 63.6 cm³/mol. The fraction of sp³-hybridized carbons (Fsp3) is 1.00. The average molecular weight is 197 g/mol. The summed E-state index contributed by atoms with van der Waals surface area (Å²) < 4.78 is 0. The lowest BCUT2D eigenvalue weighted by Gasteiger charge is -2.28. The van der Waals surface area contributed by atoms with Crippen LogP contribution in [0, 0.1) is 5.41 Å². The molecule has 0 spiro atoms. The Hall–Kier alpha value is -0.0400. The molecule has 1 aliphatic rings. The molecule has 1 aliphatic heterocycles. The van der Waals surface area contributed by atoms with Crippen molar-refractivity contribution in [1.82, 2.24) is 4.90 Å². The van der Waals surface area contributed by atoms with Crippen LogP contribution in [0.25, 0.3) is 0 Å². The van der Waals surface area contributed by atoms with E-state index >= 15 is 0 Å². The molecular weight excluding hydrogens is 170 g/mol. The molecule has 1 saturated heterocycles. The molecule has 0 atom stereocenters. The zero-order valence-corrected chi connectivity index (χ0v) is 10.3. The number of hydrogen-bond donors (Lipinski definition) is 0. The van der Waals surface area contributed by atoms with E-state index in [0.717, 1.165) is 0 Å². The molecule has 0 aliphatic carbocycles. The van der Waals surface area contributed by atoms with E-state index in [1.165, 1.54) is 58.2 Å². The molecule has 1 rings (SSSR count). The van der Waals surface area contributed by atoms with Gasteiger partial charge >= 0.3 is 0 Å². The third-order valence-corrected chi connectivity index (χ3v) is 3.13. The highest BCUT2D eigenvalue weighted by atomic mass is 15.1. The molecule has 0 unspecified atom stereocenters. The quantitative estimate of drug-likeness (QED) is 0.652. The molecule has 0 saturated carbocycles. The molecule has 0 aromatic carbocycles. The third kappa shape index (κ3) is 5.64. The Morgan fingerprint density at radius 1 is 0.857 bits per heavy atom. The lowest BCUT2D eigenvalue weighted by Crippen LogP contribution is -2.30. The Bertz CT molecular complexity index is 138. The van der Waals surface area contributed by atoms with E-state index in [2.05, 4.69) is 25.7 Å². The highest BCUT2D eigenvalue weighted by molar-refractivity contribution is 4.67. The van der Waals surface area contributed by atoms with E-state index in [9.17, 15) is 0 Å². The van der Waals surface area contributed by atoms with E-state index in [4.69, 9.17) is 0 Å². The predicted octanol–water partition coefficient (Wildman–Crippen LogP) is 3.69. The highest BCUT2D eigenvalue weighted by Gasteiger charge is 2.13. The minimum atomic E-state index is 0.502. The molecule has 0 aromatic rings. The summed E-state index contributed by atoms with van der Waals surface area (Å²) >= 11 is 0. The minimum Gasteiger partial charge on any atom is -0.303 e. The van der Waals surface area contributed by atoms with Crippen molar-refractivity contribution in [3.05, 3.63) is 0 Å². The normalized spacial score (nSPS) is 21.6. The summed E-state index contributed by atoms with van der Waals surface area (Å²) in [7, 11) is 0. The van der Waals surface area contributed by atoms with Gasteiger partial charge in [0.1, 0.15) is 0 Å². The van der Waals surface area contributed by atoms with Crippen molar-refractivity contribution in [1.29, 1.82) is 0 Å². The molecular formula is C13H27N. The fourth-order valence-corrected chi connectivity index (χ4v) is 2.03. The topological polar surface area (TPSA) is 3.24 Å². The number of hydrogen-bond acceptors (Lipinski definition) is 1. The van der Waals surface area contributed by atoms with Gasteiger partial charge in [0.25, 0.3) is 0 Å². The first-order valence-corrected chi connectivity index (χ1v) is 6.30. The van der Waals surface area contributed by atoms with Gasteiger partial charge in [-0.15, -0.1) is 0 Å². The van der Waals surface area contributed by atoms with Crippen molar-refractivity contribution in [3.8, 4) is 0 Å². The van der Waals surface area contributed by atoms with Gasteiger partial charge in [-0.3, -0.25) is 0 Å². The van der Waals surface area contributed by atoms with E-state index in [1.807, 2.05) is 0 Å². The molecule has 0 radical (unpaired) electrons. The van der Waals surface area contributed by atoms with Gasteiger partial charge in [0.15, 0.2) is 0 Å². The van der Waals surface area contributed by atoms with Crippen LogP contribution in [0.1, 0.15) is 59.3 Å². The maximum absolute atomic E-state index is 2.67. The summed E-state index contributed by atoms with van der Waals surface area (Å²) in [4.78, 5) is 2.67. The second kappa shape index (κ2) is 5.75. The van der Waals surface area contributed by atoms with E-state index < -0.39 is 0 Å². The van der Waals surface area contributed by atoms with Crippen LogP contribution in [0.4, 0.5) is 0 Å². The highest BCUT2D eigenvalue weighted by Crippen LogP contribution is 2.20. The molecule has 14 heavy (non-hydrogen) atoms. The second-order valence-corrected chi connectivity index (χ2v) is 5.92. The smallest absolute Gasteiger partial charge is 0.00138 e. The molecule has 84 valence electrons. The van der Waals surface area contributed by atoms with Crippen LogP contribution >= 0.6 is 0 Å². The maximum Gasteiger partial charge on any atom is -0.00138 e. The van der Waals surface area contributed by atoms with Crippen LogP contribution in [-0.2, 0) is 0 Å². The molecule has 1 fully saturated rings. The van der Waals surface area contributed by atoms with Gasteiger partial charge < -0.3 is 4.90 Å². The van der Waals surface area contributed by atoms with Crippen LogP contribution in [0.3, 0.4) is 0 Å². The van der Waals surface area contributed by atoms with Crippen molar-refractivity contribution < 1.29 is 0 Å². The summed E-state index contributed by atoms with van der Waals surface area (Å²) in [6, 6.07) is 0. The Morgan fingerprint density at radius 2 is 1.36 bits per heavy atom. The van der Waals surface area contributed by atoms with Gasteiger partial charge in [-0.25, -0.2) is 0 Å². The second-order valence-electron chi connectivity index (χ2n) is 5.92. The van der Waals surface area contributed by atoms with Gasteiger partial charge in [0, 0.05) is 0 Å². The fourth-order valence-electron chi connectivity index (χ4n) is 2.03.